The zero-order chi connectivity index (χ0) is 8.74. The maximum atomic E-state index is 11.1. The summed E-state index contributed by atoms with van der Waals surface area (Å²) in [5.74, 6) is 0. The van der Waals surface area contributed by atoms with E-state index in [1.165, 1.54) is 25.7 Å². The molecule has 0 spiro atoms. The molecule has 0 aliphatic rings. The minimum absolute atomic E-state index is 0. The predicted molar refractivity (Wildman–Crippen MR) is 55.1 cm³/mol. The van der Waals surface area contributed by atoms with E-state index >= 15 is 0 Å². The molecule has 76 valence electrons. The third-order valence-corrected chi connectivity index (χ3v) is 1.88. The van der Waals surface area contributed by atoms with Crippen LogP contribution in [0.1, 0.15) is 59.3 Å². The van der Waals surface area contributed by atoms with Gasteiger partial charge in [-0.25, -0.2) is 0 Å². The van der Waals surface area contributed by atoms with Gasteiger partial charge in [-0.15, -0.1) is 5.60 Å². The van der Waals surface area contributed by atoms with Crippen molar-refractivity contribution in [1.82, 2.24) is 0 Å². The van der Waals surface area contributed by atoms with Gasteiger partial charge in [0.1, 0.15) is 0 Å². The molecule has 0 aromatic carbocycles. The Hall–Kier alpha value is 1.49. The van der Waals surface area contributed by atoms with E-state index in [1.807, 2.05) is 0 Å². The molecule has 0 saturated carbocycles. The van der Waals surface area contributed by atoms with Gasteiger partial charge in [0.2, 0.25) is 0 Å². The molecule has 0 fully saturated rings. The van der Waals surface area contributed by atoms with Crippen molar-refractivity contribution >= 4 is 48.9 Å². The molecule has 0 aromatic rings. The first kappa shape index (κ1) is 20.0. The van der Waals surface area contributed by atoms with E-state index in [1.54, 1.807) is 13.8 Å². The molecule has 13 heavy (non-hydrogen) atoms. The van der Waals surface area contributed by atoms with E-state index in [2.05, 4.69) is 6.92 Å². The summed E-state index contributed by atoms with van der Waals surface area (Å²) in [6, 6.07) is 0. The second kappa shape index (κ2) is 11.6. The molecular formula is C10H22BaO2. The fourth-order valence-electron chi connectivity index (χ4n) is 1.15. The van der Waals surface area contributed by atoms with Gasteiger partial charge in [-0.1, -0.05) is 59.3 Å². The topological polar surface area (TPSA) is 53.1 Å². The molecule has 0 heterocycles. The smallest absolute Gasteiger partial charge is 0.870 e. The van der Waals surface area contributed by atoms with Gasteiger partial charge < -0.3 is 10.6 Å². The van der Waals surface area contributed by atoms with Crippen molar-refractivity contribution in [3.8, 4) is 0 Å². The van der Waals surface area contributed by atoms with Gasteiger partial charge in [-0.2, -0.15) is 0 Å². The Kier molecular flexibility index (Phi) is 17.8. The van der Waals surface area contributed by atoms with Gasteiger partial charge in [0.15, 0.2) is 0 Å². The number of rotatable bonds is 6. The molecule has 0 unspecified atom stereocenters. The largest absolute Gasteiger partial charge is 2.00 e. The van der Waals surface area contributed by atoms with Gasteiger partial charge >= 0.3 is 48.9 Å². The maximum absolute atomic E-state index is 11.1. The molecule has 0 aliphatic heterocycles. The van der Waals surface area contributed by atoms with Gasteiger partial charge in [-0.3, -0.25) is 0 Å². The molecule has 0 amide bonds. The summed E-state index contributed by atoms with van der Waals surface area (Å²) in [6.45, 7) is 5.75. The van der Waals surface area contributed by atoms with Crippen LogP contribution in [0.5, 0.6) is 0 Å². The van der Waals surface area contributed by atoms with E-state index in [0.717, 1.165) is 12.8 Å². The van der Waals surface area contributed by atoms with Gasteiger partial charge in [0.05, 0.1) is 0 Å². The van der Waals surface area contributed by atoms with Crippen molar-refractivity contribution in [3.63, 3.8) is 0 Å². The molecule has 0 rings (SSSR count). The van der Waals surface area contributed by atoms with E-state index in [4.69, 9.17) is 0 Å². The van der Waals surface area contributed by atoms with E-state index in [-0.39, 0.29) is 54.4 Å². The minimum Gasteiger partial charge on any atom is -0.870 e. The van der Waals surface area contributed by atoms with Crippen LogP contribution in [-0.4, -0.2) is 60.0 Å². The van der Waals surface area contributed by atoms with Crippen LogP contribution in [0.15, 0.2) is 0 Å². The average molecular weight is 312 g/mol. The first-order chi connectivity index (χ1) is 5.06. The molecule has 0 atom stereocenters. The normalized spacial score (nSPS) is 10.2. The summed E-state index contributed by atoms with van der Waals surface area (Å²) in [7, 11) is 0. The van der Waals surface area contributed by atoms with Gasteiger partial charge in [0.25, 0.3) is 0 Å². The van der Waals surface area contributed by atoms with E-state index in [9.17, 15) is 5.11 Å². The zero-order valence-corrected chi connectivity index (χ0v) is 13.7. The Morgan fingerprint density at radius 3 is 1.85 bits per heavy atom. The summed E-state index contributed by atoms with van der Waals surface area (Å²) in [6.07, 6.45) is 7.07. The summed E-state index contributed by atoms with van der Waals surface area (Å²) in [4.78, 5) is 0. The van der Waals surface area contributed by atoms with Crippen LogP contribution in [-0.2, 0) is 0 Å². The maximum Gasteiger partial charge on any atom is 2.00 e. The van der Waals surface area contributed by atoms with E-state index < -0.39 is 5.60 Å². The van der Waals surface area contributed by atoms with Crippen LogP contribution in [0.2, 0.25) is 0 Å². The quantitative estimate of drug-likeness (QED) is 0.556. The van der Waals surface area contributed by atoms with Gasteiger partial charge in [0, 0.05) is 0 Å². The van der Waals surface area contributed by atoms with Crippen molar-refractivity contribution in [2.45, 2.75) is 64.9 Å². The van der Waals surface area contributed by atoms with Crippen LogP contribution < -0.4 is 5.11 Å². The van der Waals surface area contributed by atoms with Crippen LogP contribution in [0.4, 0.5) is 0 Å². The first-order valence-electron chi connectivity index (χ1n) is 4.76. The fraction of sp³-hybridized carbons (Fsp3) is 1.00. The summed E-state index contributed by atoms with van der Waals surface area (Å²) >= 11 is 0. The van der Waals surface area contributed by atoms with Crippen molar-refractivity contribution in [1.29, 1.82) is 0 Å². The number of unbranched alkanes of at least 4 members (excludes halogenated alkanes) is 4. The third kappa shape index (κ3) is 19.8. The minimum atomic E-state index is -0.702. The van der Waals surface area contributed by atoms with Crippen LogP contribution in [0.3, 0.4) is 0 Å². The standard InChI is InChI=1S/C10H21O.Ba.H2O/c1-4-5-6-7-8-9-10(2,3)11;;/h4-9H2,1-3H3;;1H2/q-1;+2;/p-1. The average Bonchev–Trinajstić information content (AvgIpc) is 1.85. The molecule has 3 heteroatoms. The molecule has 0 radical (unpaired) electrons. The SMILES string of the molecule is CCCCCCCC(C)(C)[O-].[Ba+2].[OH-]. The Balaban J connectivity index is -0.000000500. The molecular weight excluding hydrogens is 289 g/mol. The van der Waals surface area contributed by atoms with Crippen LogP contribution >= 0.6 is 0 Å². The summed E-state index contributed by atoms with van der Waals surface area (Å²) in [5, 5.41) is 11.1. The number of hydrogen-bond donors (Lipinski definition) is 0. The Bertz CT molecular complexity index is 89.4. The van der Waals surface area contributed by atoms with Crippen molar-refractivity contribution in [3.05, 3.63) is 0 Å². The zero-order valence-electron chi connectivity index (χ0n) is 9.31. The summed E-state index contributed by atoms with van der Waals surface area (Å²) < 4.78 is 0. The Morgan fingerprint density at radius 2 is 1.46 bits per heavy atom. The molecule has 0 bridgehead atoms. The summed E-state index contributed by atoms with van der Waals surface area (Å²) in [5.41, 5.74) is -0.702. The van der Waals surface area contributed by atoms with Crippen molar-refractivity contribution in [2.75, 3.05) is 0 Å². The van der Waals surface area contributed by atoms with Crippen molar-refractivity contribution < 1.29 is 10.6 Å². The molecule has 0 saturated heterocycles. The monoisotopic (exact) mass is 312 g/mol. The third-order valence-electron chi connectivity index (χ3n) is 1.88. The van der Waals surface area contributed by atoms with Crippen molar-refractivity contribution in [2.24, 2.45) is 0 Å². The molecule has 0 aromatic heterocycles. The molecule has 1 N–H and O–H groups in total. The Morgan fingerprint density at radius 1 is 1.00 bits per heavy atom. The first-order valence-corrected chi connectivity index (χ1v) is 4.76. The molecule has 0 aliphatic carbocycles. The second-order valence-electron chi connectivity index (χ2n) is 3.92. The van der Waals surface area contributed by atoms with Crippen LogP contribution in [0, 0.1) is 0 Å². The van der Waals surface area contributed by atoms with Gasteiger partial charge in [-0.05, 0) is 0 Å². The van der Waals surface area contributed by atoms with Crippen LogP contribution in [0.25, 0.3) is 0 Å². The molecule has 2 nitrogen and oxygen atoms in total. The van der Waals surface area contributed by atoms with E-state index in [0.29, 0.717) is 0 Å². The Labute approximate surface area is 123 Å². The predicted octanol–water partition coefficient (Wildman–Crippen LogP) is 1.93. The fourth-order valence-corrected chi connectivity index (χ4v) is 1.15. The second-order valence-corrected chi connectivity index (χ2v) is 3.92. The number of hydrogen-bond acceptors (Lipinski definition) is 2.